The molecule has 0 aliphatic rings. The Kier molecular flexibility index (Phi) is 3.70. The number of benzene rings is 1. The van der Waals surface area contributed by atoms with E-state index in [0.717, 1.165) is 11.6 Å². The summed E-state index contributed by atoms with van der Waals surface area (Å²) in [6.45, 7) is 0.481. The molecule has 0 aliphatic carbocycles. The lowest BCUT2D eigenvalue weighted by molar-refractivity contribution is -0.384. The number of hydrogen-bond donors (Lipinski definition) is 0. The smallest absolute Gasteiger partial charge is 0.295 e. The maximum atomic E-state index is 13.1. The third kappa shape index (κ3) is 3.04. The zero-order chi connectivity index (χ0) is 13.8. The maximum Gasteiger partial charge on any atom is 0.295 e. The minimum Gasteiger partial charge on any atom is -0.365 e. The minimum absolute atomic E-state index is 0.239. The van der Waals surface area contributed by atoms with Crippen molar-refractivity contribution in [2.75, 3.05) is 11.9 Å². The molecule has 19 heavy (non-hydrogen) atoms. The standard InChI is InChI=1S/C13H12FN3O2/c1-16(9-10-4-6-15-7-5-10)12-3-2-11(14)8-13(12)17(18)19/h2-8H,9H2,1H3. The first-order valence-electron chi connectivity index (χ1n) is 5.62. The molecular weight excluding hydrogens is 249 g/mol. The zero-order valence-electron chi connectivity index (χ0n) is 10.3. The topological polar surface area (TPSA) is 59.3 Å². The van der Waals surface area contributed by atoms with Crippen LogP contribution in [0.2, 0.25) is 0 Å². The number of rotatable bonds is 4. The van der Waals surface area contributed by atoms with Crippen LogP contribution in [-0.2, 0) is 6.54 Å². The van der Waals surface area contributed by atoms with E-state index in [9.17, 15) is 14.5 Å². The fourth-order valence-corrected chi connectivity index (χ4v) is 1.81. The van der Waals surface area contributed by atoms with Crippen molar-refractivity contribution in [2.45, 2.75) is 6.54 Å². The molecule has 0 atom stereocenters. The van der Waals surface area contributed by atoms with Gasteiger partial charge in [0, 0.05) is 26.0 Å². The molecule has 1 heterocycles. The molecule has 0 N–H and O–H groups in total. The summed E-state index contributed by atoms with van der Waals surface area (Å²) in [6, 6.07) is 7.20. The normalized spacial score (nSPS) is 10.2. The lowest BCUT2D eigenvalue weighted by Gasteiger charge is -2.19. The molecule has 0 spiro atoms. The van der Waals surface area contributed by atoms with E-state index in [4.69, 9.17) is 0 Å². The average Bonchev–Trinajstić information content (AvgIpc) is 2.39. The van der Waals surface area contributed by atoms with Crippen LogP contribution < -0.4 is 4.90 Å². The summed E-state index contributed by atoms with van der Waals surface area (Å²) in [5.41, 5.74) is 1.11. The Bertz CT molecular complexity index is 590. The van der Waals surface area contributed by atoms with Gasteiger partial charge >= 0.3 is 0 Å². The molecule has 0 unspecified atom stereocenters. The van der Waals surface area contributed by atoms with E-state index < -0.39 is 10.7 Å². The summed E-state index contributed by atoms with van der Waals surface area (Å²) in [6.07, 6.45) is 3.31. The number of aromatic nitrogens is 1. The molecule has 1 aromatic carbocycles. The van der Waals surface area contributed by atoms with Crippen LogP contribution in [0.25, 0.3) is 0 Å². The SMILES string of the molecule is CN(Cc1ccncc1)c1ccc(F)cc1[N+](=O)[O-]. The molecule has 0 saturated carbocycles. The van der Waals surface area contributed by atoms with Gasteiger partial charge in [-0.15, -0.1) is 0 Å². The molecule has 0 bridgehead atoms. The molecule has 0 saturated heterocycles. The van der Waals surface area contributed by atoms with Gasteiger partial charge < -0.3 is 4.90 Å². The van der Waals surface area contributed by atoms with Crippen molar-refractivity contribution < 1.29 is 9.31 Å². The Labute approximate surface area is 109 Å². The van der Waals surface area contributed by atoms with Crippen LogP contribution >= 0.6 is 0 Å². The van der Waals surface area contributed by atoms with Crippen molar-refractivity contribution in [3.05, 3.63) is 64.2 Å². The van der Waals surface area contributed by atoms with E-state index in [1.165, 1.54) is 12.1 Å². The average molecular weight is 261 g/mol. The van der Waals surface area contributed by atoms with Gasteiger partial charge in [0.05, 0.1) is 11.0 Å². The van der Waals surface area contributed by atoms with Gasteiger partial charge in [0.25, 0.3) is 5.69 Å². The summed E-state index contributed by atoms with van der Waals surface area (Å²) in [5, 5.41) is 10.9. The molecule has 6 heteroatoms. The van der Waals surface area contributed by atoms with E-state index >= 15 is 0 Å². The fraction of sp³-hybridized carbons (Fsp3) is 0.154. The highest BCUT2D eigenvalue weighted by atomic mass is 19.1. The van der Waals surface area contributed by atoms with Crippen molar-refractivity contribution in [1.82, 2.24) is 4.98 Å². The van der Waals surface area contributed by atoms with E-state index in [1.54, 1.807) is 24.3 Å². The second-order valence-corrected chi connectivity index (χ2v) is 4.10. The van der Waals surface area contributed by atoms with E-state index in [0.29, 0.717) is 12.2 Å². The second kappa shape index (κ2) is 5.43. The molecule has 0 fully saturated rings. The van der Waals surface area contributed by atoms with Gasteiger partial charge in [0.2, 0.25) is 0 Å². The number of hydrogen-bond acceptors (Lipinski definition) is 4. The molecule has 1 aromatic heterocycles. The number of nitro benzene ring substituents is 1. The van der Waals surface area contributed by atoms with Crippen molar-refractivity contribution >= 4 is 11.4 Å². The summed E-state index contributed by atoms with van der Waals surface area (Å²) in [7, 11) is 1.72. The molecule has 0 amide bonds. The van der Waals surface area contributed by atoms with E-state index in [-0.39, 0.29) is 5.69 Å². The highest BCUT2D eigenvalue weighted by Gasteiger charge is 2.18. The monoisotopic (exact) mass is 261 g/mol. The minimum atomic E-state index is -0.618. The zero-order valence-corrected chi connectivity index (χ0v) is 10.3. The molecular formula is C13H12FN3O2. The molecule has 0 radical (unpaired) electrons. The Balaban J connectivity index is 2.28. The van der Waals surface area contributed by atoms with Crippen LogP contribution in [0.1, 0.15) is 5.56 Å². The van der Waals surface area contributed by atoms with E-state index in [2.05, 4.69) is 4.98 Å². The summed E-state index contributed by atoms with van der Waals surface area (Å²) in [5.74, 6) is -0.618. The van der Waals surface area contributed by atoms with Crippen molar-refractivity contribution in [2.24, 2.45) is 0 Å². The predicted molar refractivity (Wildman–Crippen MR) is 69.4 cm³/mol. The van der Waals surface area contributed by atoms with Crippen LogP contribution in [0.4, 0.5) is 15.8 Å². The summed E-state index contributed by atoms with van der Waals surface area (Å²) in [4.78, 5) is 16.0. The first kappa shape index (κ1) is 12.9. The van der Waals surface area contributed by atoms with Crippen LogP contribution in [0.3, 0.4) is 0 Å². The van der Waals surface area contributed by atoms with Crippen LogP contribution in [-0.4, -0.2) is 17.0 Å². The maximum absolute atomic E-state index is 13.1. The van der Waals surface area contributed by atoms with Crippen LogP contribution in [0.5, 0.6) is 0 Å². The number of pyridine rings is 1. The van der Waals surface area contributed by atoms with Gasteiger partial charge in [-0.3, -0.25) is 15.1 Å². The third-order valence-electron chi connectivity index (χ3n) is 2.71. The van der Waals surface area contributed by atoms with Gasteiger partial charge in [-0.2, -0.15) is 0 Å². The lowest BCUT2D eigenvalue weighted by atomic mass is 10.2. The van der Waals surface area contributed by atoms with Crippen molar-refractivity contribution in [3.8, 4) is 0 Å². The Morgan fingerprint density at radius 3 is 2.63 bits per heavy atom. The molecule has 98 valence electrons. The largest absolute Gasteiger partial charge is 0.365 e. The fourth-order valence-electron chi connectivity index (χ4n) is 1.81. The van der Waals surface area contributed by atoms with Crippen molar-refractivity contribution in [3.63, 3.8) is 0 Å². The van der Waals surface area contributed by atoms with Crippen LogP contribution in [0.15, 0.2) is 42.7 Å². The number of nitro groups is 1. The molecule has 5 nitrogen and oxygen atoms in total. The number of anilines is 1. The Morgan fingerprint density at radius 2 is 2.00 bits per heavy atom. The third-order valence-corrected chi connectivity index (χ3v) is 2.71. The summed E-state index contributed by atoms with van der Waals surface area (Å²) >= 11 is 0. The lowest BCUT2D eigenvalue weighted by Crippen LogP contribution is -2.17. The Morgan fingerprint density at radius 1 is 1.32 bits per heavy atom. The number of nitrogens with zero attached hydrogens (tertiary/aromatic N) is 3. The van der Waals surface area contributed by atoms with Gasteiger partial charge in [0.1, 0.15) is 11.5 Å². The quantitative estimate of drug-likeness (QED) is 0.627. The van der Waals surface area contributed by atoms with Gasteiger partial charge in [-0.25, -0.2) is 4.39 Å². The Hall–Kier alpha value is -2.50. The van der Waals surface area contributed by atoms with Gasteiger partial charge in [0.15, 0.2) is 0 Å². The second-order valence-electron chi connectivity index (χ2n) is 4.10. The molecule has 0 aliphatic heterocycles. The van der Waals surface area contributed by atoms with Gasteiger partial charge in [-0.05, 0) is 29.8 Å². The van der Waals surface area contributed by atoms with E-state index in [1.807, 2.05) is 12.1 Å². The van der Waals surface area contributed by atoms with Crippen LogP contribution in [0, 0.1) is 15.9 Å². The van der Waals surface area contributed by atoms with Crippen molar-refractivity contribution in [1.29, 1.82) is 0 Å². The summed E-state index contributed by atoms with van der Waals surface area (Å²) < 4.78 is 13.1. The first-order chi connectivity index (χ1) is 9.08. The molecule has 2 rings (SSSR count). The highest BCUT2D eigenvalue weighted by molar-refractivity contribution is 5.62. The molecule has 2 aromatic rings. The predicted octanol–water partition coefficient (Wildman–Crippen LogP) is 2.77. The first-order valence-corrected chi connectivity index (χ1v) is 5.62. The number of halogens is 1. The highest BCUT2D eigenvalue weighted by Crippen LogP contribution is 2.28. The van der Waals surface area contributed by atoms with Gasteiger partial charge in [-0.1, -0.05) is 0 Å².